The molecule has 1 unspecified atom stereocenters. The molecule has 2 aromatic rings. The maximum absolute atomic E-state index is 12.7. The Morgan fingerprint density at radius 1 is 1.06 bits per heavy atom. The highest BCUT2D eigenvalue weighted by Gasteiger charge is 2.21. The van der Waals surface area contributed by atoms with Crippen molar-refractivity contribution in [3.63, 3.8) is 0 Å². The fraction of sp³-hybridized carbons (Fsp3) is 0.273. The molecule has 0 saturated heterocycles. The molecule has 2 aromatic carbocycles. The lowest BCUT2D eigenvalue weighted by Gasteiger charge is -2.18. The first-order valence-electron chi connectivity index (χ1n) is 9.89. The van der Waals surface area contributed by atoms with Gasteiger partial charge in [0.2, 0.25) is 5.91 Å². The second kappa shape index (κ2) is 12.0. The summed E-state index contributed by atoms with van der Waals surface area (Å²) in [5.41, 5.74) is 3.22. The van der Waals surface area contributed by atoms with E-state index in [1.807, 2.05) is 31.2 Å². The SMILES string of the molecule is CCc1ccc(C(CNC(=O)Nc2ccc(C=NN)cc2)C(=O)NCCC(=O)O)cc1. The van der Waals surface area contributed by atoms with E-state index in [0.29, 0.717) is 5.69 Å². The third kappa shape index (κ3) is 7.81. The molecule has 0 radical (unpaired) electrons. The summed E-state index contributed by atoms with van der Waals surface area (Å²) >= 11 is 0. The van der Waals surface area contributed by atoms with Gasteiger partial charge in [0.1, 0.15) is 0 Å². The molecule has 31 heavy (non-hydrogen) atoms. The Hall–Kier alpha value is -3.88. The molecule has 0 spiro atoms. The first-order valence-corrected chi connectivity index (χ1v) is 9.89. The second-order valence-corrected chi connectivity index (χ2v) is 6.82. The number of aliphatic carboxylic acids is 1. The van der Waals surface area contributed by atoms with Crippen molar-refractivity contribution in [2.24, 2.45) is 10.9 Å². The van der Waals surface area contributed by atoms with Gasteiger partial charge in [0.25, 0.3) is 0 Å². The summed E-state index contributed by atoms with van der Waals surface area (Å²) < 4.78 is 0. The zero-order valence-corrected chi connectivity index (χ0v) is 17.3. The number of hydrogen-bond acceptors (Lipinski definition) is 5. The predicted molar refractivity (Wildman–Crippen MR) is 119 cm³/mol. The molecule has 0 heterocycles. The van der Waals surface area contributed by atoms with Crippen molar-refractivity contribution >= 4 is 29.8 Å². The van der Waals surface area contributed by atoms with Gasteiger partial charge in [0.05, 0.1) is 18.6 Å². The van der Waals surface area contributed by atoms with Gasteiger partial charge < -0.3 is 26.9 Å². The molecule has 0 aliphatic heterocycles. The lowest BCUT2D eigenvalue weighted by atomic mass is 9.96. The largest absolute Gasteiger partial charge is 0.481 e. The number of amides is 3. The minimum absolute atomic E-state index is 0.0162. The van der Waals surface area contributed by atoms with E-state index in [9.17, 15) is 14.4 Å². The van der Waals surface area contributed by atoms with Crippen molar-refractivity contribution < 1.29 is 19.5 Å². The zero-order chi connectivity index (χ0) is 22.6. The van der Waals surface area contributed by atoms with Crippen LogP contribution in [0.15, 0.2) is 53.6 Å². The number of anilines is 1. The van der Waals surface area contributed by atoms with Crippen LogP contribution in [0.4, 0.5) is 10.5 Å². The Balaban J connectivity index is 2.02. The number of carboxylic acid groups (broad SMARTS) is 1. The Labute approximate surface area is 180 Å². The van der Waals surface area contributed by atoms with Gasteiger partial charge in [-0.05, 0) is 35.2 Å². The fourth-order valence-electron chi connectivity index (χ4n) is 2.87. The maximum Gasteiger partial charge on any atom is 0.319 e. The van der Waals surface area contributed by atoms with Crippen molar-refractivity contribution in [1.29, 1.82) is 0 Å². The van der Waals surface area contributed by atoms with Crippen molar-refractivity contribution in [2.45, 2.75) is 25.7 Å². The maximum atomic E-state index is 12.7. The van der Waals surface area contributed by atoms with Crippen molar-refractivity contribution in [3.8, 4) is 0 Å². The third-order valence-corrected chi connectivity index (χ3v) is 4.60. The van der Waals surface area contributed by atoms with E-state index >= 15 is 0 Å². The van der Waals surface area contributed by atoms with Gasteiger partial charge in [-0.25, -0.2) is 4.79 Å². The van der Waals surface area contributed by atoms with Gasteiger partial charge in [0, 0.05) is 18.8 Å². The first-order chi connectivity index (χ1) is 14.9. The van der Waals surface area contributed by atoms with Gasteiger partial charge in [-0.1, -0.05) is 43.3 Å². The molecule has 1 atom stereocenters. The monoisotopic (exact) mass is 425 g/mol. The normalized spacial score (nSPS) is 11.6. The molecule has 0 aliphatic rings. The Bertz CT molecular complexity index is 911. The number of benzene rings is 2. The Morgan fingerprint density at radius 3 is 2.32 bits per heavy atom. The van der Waals surface area contributed by atoms with E-state index in [4.69, 9.17) is 10.9 Å². The number of hydrogen-bond donors (Lipinski definition) is 5. The smallest absolute Gasteiger partial charge is 0.319 e. The summed E-state index contributed by atoms with van der Waals surface area (Å²) in [6.07, 6.45) is 2.18. The topological polar surface area (TPSA) is 146 Å². The molecule has 0 aliphatic carbocycles. The van der Waals surface area contributed by atoms with Crippen LogP contribution in [-0.4, -0.2) is 42.3 Å². The Kier molecular flexibility index (Phi) is 9.03. The third-order valence-electron chi connectivity index (χ3n) is 4.60. The summed E-state index contributed by atoms with van der Waals surface area (Å²) in [6.45, 7) is 2.10. The highest BCUT2D eigenvalue weighted by Crippen LogP contribution is 2.17. The fourth-order valence-corrected chi connectivity index (χ4v) is 2.87. The quantitative estimate of drug-likeness (QED) is 0.225. The van der Waals surface area contributed by atoms with E-state index < -0.39 is 17.9 Å². The minimum Gasteiger partial charge on any atom is -0.481 e. The first kappa shape index (κ1) is 23.4. The number of hydrazone groups is 1. The summed E-state index contributed by atoms with van der Waals surface area (Å²) in [5.74, 6) is 3.10. The molecule has 9 nitrogen and oxygen atoms in total. The highest BCUT2D eigenvalue weighted by atomic mass is 16.4. The molecule has 0 fully saturated rings. The van der Waals surface area contributed by atoms with Crippen LogP contribution in [0.2, 0.25) is 0 Å². The Morgan fingerprint density at radius 2 is 1.74 bits per heavy atom. The number of urea groups is 1. The van der Waals surface area contributed by atoms with Gasteiger partial charge >= 0.3 is 12.0 Å². The second-order valence-electron chi connectivity index (χ2n) is 6.82. The molecule has 164 valence electrons. The molecule has 2 rings (SSSR count). The number of aryl methyl sites for hydroxylation is 1. The zero-order valence-electron chi connectivity index (χ0n) is 17.3. The molecule has 3 amide bonds. The van der Waals surface area contributed by atoms with E-state index in [2.05, 4.69) is 21.1 Å². The highest BCUT2D eigenvalue weighted by molar-refractivity contribution is 5.91. The lowest BCUT2D eigenvalue weighted by Crippen LogP contribution is -2.39. The van der Waals surface area contributed by atoms with E-state index in [0.717, 1.165) is 23.1 Å². The van der Waals surface area contributed by atoms with Gasteiger partial charge in [-0.15, -0.1) is 0 Å². The van der Waals surface area contributed by atoms with Crippen LogP contribution >= 0.6 is 0 Å². The summed E-state index contributed by atoms with van der Waals surface area (Å²) in [4.78, 5) is 35.7. The van der Waals surface area contributed by atoms with Crippen LogP contribution < -0.4 is 21.8 Å². The summed E-state index contributed by atoms with van der Waals surface area (Å²) in [7, 11) is 0. The predicted octanol–water partition coefficient (Wildman–Crippen LogP) is 2.04. The van der Waals surface area contributed by atoms with E-state index in [-0.39, 0.29) is 25.4 Å². The van der Waals surface area contributed by atoms with Crippen LogP contribution in [0.1, 0.15) is 36.0 Å². The summed E-state index contributed by atoms with van der Waals surface area (Å²) in [5, 5.41) is 20.2. The minimum atomic E-state index is -0.995. The van der Waals surface area contributed by atoms with Crippen LogP contribution in [0.25, 0.3) is 0 Å². The molecule has 0 aromatic heterocycles. The molecule has 9 heteroatoms. The number of carbonyl (C=O) groups is 3. The van der Waals surface area contributed by atoms with Gasteiger partial charge in [-0.3, -0.25) is 9.59 Å². The van der Waals surface area contributed by atoms with E-state index in [1.54, 1.807) is 24.3 Å². The van der Waals surface area contributed by atoms with Crippen LogP contribution in [0.5, 0.6) is 0 Å². The molecule has 6 N–H and O–H groups in total. The number of nitrogens with one attached hydrogen (secondary N) is 3. The van der Waals surface area contributed by atoms with E-state index in [1.165, 1.54) is 6.21 Å². The van der Waals surface area contributed by atoms with Crippen molar-refractivity contribution in [2.75, 3.05) is 18.4 Å². The number of rotatable bonds is 10. The van der Waals surface area contributed by atoms with Crippen LogP contribution in [0.3, 0.4) is 0 Å². The average Bonchev–Trinajstić information content (AvgIpc) is 2.75. The molecular formula is C22H27N5O4. The number of carboxylic acids is 1. The van der Waals surface area contributed by atoms with Crippen molar-refractivity contribution in [3.05, 3.63) is 65.2 Å². The number of carbonyl (C=O) groups excluding carboxylic acids is 2. The molecule has 0 bridgehead atoms. The lowest BCUT2D eigenvalue weighted by molar-refractivity contribution is -0.136. The number of nitrogens with zero attached hydrogens (tertiary/aromatic N) is 1. The van der Waals surface area contributed by atoms with Gasteiger partial charge in [0.15, 0.2) is 0 Å². The average molecular weight is 425 g/mol. The summed E-state index contributed by atoms with van der Waals surface area (Å²) in [6, 6.07) is 14.0. The van der Waals surface area contributed by atoms with Crippen molar-refractivity contribution in [1.82, 2.24) is 10.6 Å². The van der Waals surface area contributed by atoms with Crippen LogP contribution in [0, 0.1) is 0 Å². The number of nitrogens with two attached hydrogens (primary N) is 1. The molecule has 0 saturated carbocycles. The standard InChI is InChI=1S/C22H27N5O4/c1-2-15-3-7-17(8-4-15)19(21(30)24-12-11-20(28)29)14-25-22(31)27-18-9-5-16(6-10-18)13-26-23/h3-10,13,19H,2,11-12,14,23H2,1H3,(H,24,30)(H,28,29)(H2,25,27,31). The molecular weight excluding hydrogens is 398 g/mol. The van der Waals surface area contributed by atoms with Gasteiger partial charge in [-0.2, -0.15) is 5.10 Å². The van der Waals surface area contributed by atoms with Crippen LogP contribution in [-0.2, 0) is 16.0 Å².